The van der Waals surface area contributed by atoms with Gasteiger partial charge in [0, 0.05) is 6.07 Å². The highest BCUT2D eigenvalue weighted by atomic mass is 28.2. The molecule has 3 heteroatoms. The van der Waals surface area contributed by atoms with Gasteiger partial charge in [-0.05, 0) is 6.07 Å². The Balaban J connectivity index is 2.76. The molecule has 0 fully saturated rings. The number of hydrogen-bond acceptors (Lipinski definition) is 2. The van der Waals surface area contributed by atoms with Crippen LogP contribution < -0.4 is 4.43 Å². The van der Waals surface area contributed by atoms with E-state index in [-0.39, 0.29) is 0 Å². The minimum absolute atomic E-state index is 0.617. The summed E-state index contributed by atoms with van der Waals surface area (Å²) in [6.45, 7) is 0. The molecule has 0 aliphatic rings. The highest BCUT2D eigenvalue weighted by Crippen LogP contribution is 2.06. The molecule has 0 atom stereocenters. The molecule has 0 radical (unpaired) electrons. The predicted octanol–water partition coefficient (Wildman–Crippen LogP) is -0.0612. The Morgan fingerprint density at radius 1 is 1.71 bits per heavy atom. The van der Waals surface area contributed by atoms with Crippen molar-refractivity contribution in [1.82, 2.24) is 0 Å². The van der Waals surface area contributed by atoms with E-state index in [4.69, 9.17) is 8.84 Å². The first kappa shape index (κ1) is 4.46. The molecule has 0 aromatic carbocycles. The lowest BCUT2D eigenvalue weighted by molar-refractivity contribution is 0.409. The zero-order valence-electron chi connectivity index (χ0n) is 4.05. The first-order chi connectivity index (χ1) is 3.43. The minimum Gasteiger partial charge on any atom is -0.528 e. The summed E-state index contributed by atoms with van der Waals surface area (Å²) in [4.78, 5) is 0. The van der Waals surface area contributed by atoms with Crippen LogP contribution >= 0.6 is 0 Å². The van der Waals surface area contributed by atoms with Crippen molar-refractivity contribution in [2.75, 3.05) is 0 Å². The van der Waals surface area contributed by atoms with Crippen molar-refractivity contribution in [2.45, 2.75) is 0 Å². The third-order valence-electron chi connectivity index (χ3n) is 0.696. The van der Waals surface area contributed by atoms with Gasteiger partial charge in [-0.1, -0.05) is 0 Å². The highest BCUT2D eigenvalue weighted by Gasteiger charge is 1.84. The first-order valence-corrected chi connectivity index (χ1v) is 2.82. The van der Waals surface area contributed by atoms with E-state index in [0.717, 1.165) is 0 Å². The second-order valence-electron chi connectivity index (χ2n) is 1.14. The van der Waals surface area contributed by atoms with Crippen molar-refractivity contribution in [3.8, 4) is 5.95 Å². The molecular formula is C4H6O2Si. The fourth-order valence-corrected chi connectivity index (χ4v) is 0.612. The average molecular weight is 114 g/mol. The van der Waals surface area contributed by atoms with Crippen molar-refractivity contribution in [1.29, 1.82) is 0 Å². The van der Waals surface area contributed by atoms with Gasteiger partial charge in [-0.25, -0.2) is 0 Å². The highest BCUT2D eigenvalue weighted by molar-refractivity contribution is 5.99. The molecule has 0 aliphatic carbocycles. The number of furan rings is 1. The molecule has 0 amide bonds. The van der Waals surface area contributed by atoms with E-state index in [1.165, 1.54) is 0 Å². The van der Waals surface area contributed by atoms with Crippen LogP contribution in [0.25, 0.3) is 0 Å². The fourth-order valence-electron chi connectivity index (χ4n) is 0.380. The predicted molar refractivity (Wildman–Crippen MR) is 29.3 cm³/mol. The molecule has 0 bridgehead atoms. The lowest BCUT2D eigenvalue weighted by Gasteiger charge is -1.87. The summed E-state index contributed by atoms with van der Waals surface area (Å²) in [5.41, 5.74) is 0. The van der Waals surface area contributed by atoms with Crippen LogP contribution in [0.15, 0.2) is 22.8 Å². The van der Waals surface area contributed by atoms with Crippen LogP contribution in [0.1, 0.15) is 0 Å². The average Bonchev–Trinajstić information content (AvgIpc) is 2.14. The molecule has 1 aromatic heterocycles. The lowest BCUT2D eigenvalue weighted by Crippen LogP contribution is -1.78. The molecule has 1 aromatic rings. The maximum Gasteiger partial charge on any atom is 0.269 e. The summed E-state index contributed by atoms with van der Waals surface area (Å²) in [5.74, 6) is 0.617. The molecule has 0 spiro atoms. The summed E-state index contributed by atoms with van der Waals surface area (Å²) in [5, 5.41) is 0. The van der Waals surface area contributed by atoms with Gasteiger partial charge in [0.15, 0.2) is 0 Å². The monoisotopic (exact) mass is 114 g/mol. The Bertz CT molecular complexity index is 124. The molecule has 0 saturated heterocycles. The van der Waals surface area contributed by atoms with Gasteiger partial charge in [-0.3, -0.25) is 0 Å². The summed E-state index contributed by atoms with van der Waals surface area (Å²) in [7, 11) is 0.698. The van der Waals surface area contributed by atoms with Crippen LogP contribution in [0.4, 0.5) is 0 Å². The summed E-state index contributed by atoms with van der Waals surface area (Å²) in [6.07, 6.45) is 1.59. The van der Waals surface area contributed by atoms with Crippen LogP contribution in [0, 0.1) is 0 Å². The molecule has 38 valence electrons. The Morgan fingerprint density at radius 3 is 2.86 bits per heavy atom. The number of hydrogen-bond donors (Lipinski definition) is 0. The van der Waals surface area contributed by atoms with Gasteiger partial charge < -0.3 is 8.84 Å². The molecular weight excluding hydrogens is 108 g/mol. The first-order valence-electron chi connectivity index (χ1n) is 2.01. The quantitative estimate of drug-likeness (QED) is 0.477. The van der Waals surface area contributed by atoms with Gasteiger partial charge in [0.05, 0.1) is 6.26 Å². The fraction of sp³-hybridized carbons (Fsp3) is 0. The van der Waals surface area contributed by atoms with E-state index in [9.17, 15) is 0 Å². The second kappa shape index (κ2) is 1.84. The molecule has 7 heavy (non-hydrogen) atoms. The van der Waals surface area contributed by atoms with E-state index in [1.807, 2.05) is 0 Å². The van der Waals surface area contributed by atoms with E-state index >= 15 is 0 Å². The third kappa shape index (κ3) is 0.836. The van der Waals surface area contributed by atoms with Gasteiger partial charge in [0.1, 0.15) is 0 Å². The minimum atomic E-state index is 0.617. The van der Waals surface area contributed by atoms with E-state index in [2.05, 4.69) is 0 Å². The van der Waals surface area contributed by atoms with Gasteiger partial charge in [-0.15, -0.1) is 0 Å². The third-order valence-corrected chi connectivity index (χ3v) is 1.10. The summed E-state index contributed by atoms with van der Waals surface area (Å²) in [6, 6.07) is 3.58. The normalized spacial score (nSPS) is 9.14. The van der Waals surface area contributed by atoms with E-state index < -0.39 is 0 Å². The molecule has 0 N–H and O–H groups in total. The van der Waals surface area contributed by atoms with E-state index in [0.29, 0.717) is 16.4 Å². The summed E-state index contributed by atoms with van der Waals surface area (Å²) >= 11 is 0. The lowest BCUT2D eigenvalue weighted by atomic mass is 10.7. The molecule has 0 unspecified atom stereocenters. The zero-order valence-corrected chi connectivity index (χ0v) is 6.05. The van der Waals surface area contributed by atoms with Gasteiger partial charge in [0.25, 0.3) is 5.95 Å². The Morgan fingerprint density at radius 2 is 2.57 bits per heavy atom. The van der Waals surface area contributed by atoms with Gasteiger partial charge in [-0.2, -0.15) is 0 Å². The molecule has 1 rings (SSSR count). The van der Waals surface area contributed by atoms with Crippen LogP contribution in [0.2, 0.25) is 0 Å². The summed E-state index contributed by atoms with van der Waals surface area (Å²) < 4.78 is 9.62. The SMILES string of the molecule is [SiH3]Oc1ccco1. The molecule has 1 heterocycles. The van der Waals surface area contributed by atoms with Crippen molar-refractivity contribution in [3.63, 3.8) is 0 Å². The largest absolute Gasteiger partial charge is 0.528 e. The van der Waals surface area contributed by atoms with Crippen LogP contribution in [-0.4, -0.2) is 10.5 Å². The number of rotatable bonds is 1. The molecule has 0 aliphatic heterocycles. The maximum absolute atomic E-state index is 4.83. The Kier molecular flexibility index (Phi) is 1.17. The second-order valence-corrected chi connectivity index (χ2v) is 1.54. The molecule has 2 nitrogen and oxygen atoms in total. The Labute approximate surface area is 44.6 Å². The zero-order chi connectivity index (χ0) is 5.11. The Hall–Kier alpha value is -0.703. The van der Waals surface area contributed by atoms with Crippen molar-refractivity contribution in [3.05, 3.63) is 18.4 Å². The van der Waals surface area contributed by atoms with Crippen LogP contribution in [0.3, 0.4) is 0 Å². The van der Waals surface area contributed by atoms with Crippen molar-refractivity contribution >= 4 is 10.5 Å². The smallest absolute Gasteiger partial charge is 0.269 e. The topological polar surface area (TPSA) is 22.4 Å². The van der Waals surface area contributed by atoms with Crippen LogP contribution in [-0.2, 0) is 0 Å². The van der Waals surface area contributed by atoms with Gasteiger partial charge in [0.2, 0.25) is 10.5 Å². The van der Waals surface area contributed by atoms with E-state index in [1.54, 1.807) is 18.4 Å². The van der Waals surface area contributed by atoms with Gasteiger partial charge >= 0.3 is 0 Å². The van der Waals surface area contributed by atoms with Crippen LogP contribution in [0.5, 0.6) is 5.95 Å². The molecule has 0 saturated carbocycles. The standard InChI is InChI=1S/C4H6O2Si/c7-6-4-2-1-3-5-4/h1-3H,7H3. The maximum atomic E-state index is 4.83. The van der Waals surface area contributed by atoms with Crippen molar-refractivity contribution < 1.29 is 8.84 Å². The van der Waals surface area contributed by atoms with Crippen molar-refractivity contribution in [2.24, 2.45) is 0 Å².